The SMILES string of the molecule is C#CCN(CC=C)Cc1cn[nH]c1-c1ccc(OC)cc1OC. The highest BCUT2D eigenvalue weighted by atomic mass is 16.5. The molecule has 0 bridgehead atoms. The van der Waals surface area contributed by atoms with E-state index in [1.165, 1.54) is 0 Å². The molecule has 0 amide bonds. The number of hydrogen-bond acceptors (Lipinski definition) is 4. The molecule has 0 spiro atoms. The van der Waals surface area contributed by atoms with E-state index in [0.29, 0.717) is 19.6 Å². The Balaban J connectivity index is 2.34. The first-order valence-electron chi connectivity index (χ1n) is 7.24. The maximum Gasteiger partial charge on any atom is 0.131 e. The lowest BCUT2D eigenvalue weighted by Crippen LogP contribution is -2.23. The van der Waals surface area contributed by atoms with Gasteiger partial charge in [-0.25, -0.2) is 0 Å². The Morgan fingerprint density at radius 3 is 2.87 bits per heavy atom. The highest BCUT2D eigenvalue weighted by Gasteiger charge is 2.15. The molecule has 0 aliphatic heterocycles. The van der Waals surface area contributed by atoms with Gasteiger partial charge in [0.15, 0.2) is 0 Å². The summed E-state index contributed by atoms with van der Waals surface area (Å²) in [6.45, 7) is 5.72. The van der Waals surface area contributed by atoms with E-state index in [1.807, 2.05) is 30.5 Å². The number of H-pyrrole nitrogens is 1. The summed E-state index contributed by atoms with van der Waals surface area (Å²) >= 11 is 0. The first-order valence-corrected chi connectivity index (χ1v) is 7.24. The van der Waals surface area contributed by atoms with Crippen LogP contribution in [0.15, 0.2) is 37.1 Å². The monoisotopic (exact) mass is 311 g/mol. The van der Waals surface area contributed by atoms with Crippen LogP contribution in [0.1, 0.15) is 5.56 Å². The smallest absolute Gasteiger partial charge is 0.131 e. The molecule has 2 aromatic rings. The number of hydrogen-bond donors (Lipinski definition) is 1. The molecule has 23 heavy (non-hydrogen) atoms. The van der Waals surface area contributed by atoms with E-state index in [4.69, 9.17) is 15.9 Å². The van der Waals surface area contributed by atoms with Gasteiger partial charge >= 0.3 is 0 Å². The zero-order valence-electron chi connectivity index (χ0n) is 13.5. The zero-order chi connectivity index (χ0) is 16.7. The van der Waals surface area contributed by atoms with Crippen LogP contribution in [0.4, 0.5) is 0 Å². The molecule has 120 valence electrons. The fourth-order valence-corrected chi connectivity index (χ4v) is 2.41. The molecule has 0 aliphatic carbocycles. The lowest BCUT2D eigenvalue weighted by Gasteiger charge is -2.18. The molecule has 0 atom stereocenters. The molecular formula is C18H21N3O2. The lowest BCUT2D eigenvalue weighted by atomic mass is 10.1. The number of benzene rings is 1. The molecule has 0 saturated carbocycles. The third-order valence-corrected chi connectivity index (χ3v) is 3.49. The van der Waals surface area contributed by atoms with E-state index in [2.05, 4.69) is 27.6 Å². The Morgan fingerprint density at radius 1 is 1.39 bits per heavy atom. The van der Waals surface area contributed by atoms with E-state index in [1.54, 1.807) is 14.2 Å². The molecule has 1 heterocycles. The molecule has 1 aromatic heterocycles. The van der Waals surface area contributed by atoms with Crippen LogP contribution in [0, 0.1) is 12.3 Å². The summed E-state index contributed by atoms with van der Waals surface area (Å²) in [5.74, 6) is 4.14. The summed E-state index contributed by atoms with van der Waals surface area (Å²) in [5.41, 5.74) is 2.89. The van der Waals surface area contributed by atoms with Gasteiger partial charge in [-0.2, -0.15) is 5.10 Å². The summed E-state index contributed by atoms with van der Waals surface area (Å²) < 4.78 is 10.7. The van der Waals surface area contributed by atoms with E-state index >= 15 is 0 Å². The van der Waals surface area contributed by atoms with Crippen molar-refractivity contribution in [3.05, 3.63) is 42.6 Å². The summed E-state index contributed by atoms with van der Waals surface area (Å²) in [6, 6.07) is 5.70. The number of nitrogens with zero attached hydrogens (tertiary/aromatic N) is 2. The minimum Gasteiger partial charge on any atom is -0.497 e. The van der Waals surface area contributed by atoms with Crippen LogP contribution >= 0.6 is 0 Å². The van der Waals surface area contributed by atoms with Gasteiger partial charge in [0.1, 0.15) is 11.5 Å². The van der Waals surface area contributed by atoms with E-state index < -0.39 is 0 Å². The molecule has 0 radical (unpaired) electrons. The molecule has 1 N–H and O–H groups in total. The van der Waals surface area contributed by atoms with Crippen molar-refractivity contribution in [1.82, 2.24) is 15.1 Å². The van der Waals surface area contributed by atoms with Gasteiger partial charge in [-0.3, -0.25) is 10.00 Å². The number of terminal acetylenes is 1. The minimum atomic E-state index is 0.552. The zero-order valence-corrected chi connectivity index (χ0v) is 13.5. The lowest BCUT2D eigenvalue weighted by molar-refractivity contribution is 0.333. The van der Waals surface area contributed by atoms with Crippen molar-refractivity contribution in [2.24, 2.45) is 0 Å². The Kier molecular flexibility index (Phi) is 5.84. The maximum absolute atomic E-state index is 5.48. The molecule has 0 saturated heterocycles. The molecule has 2 rings (SSSR count). The molecule has 5 nitrogen and oxygen atoms in total. The number of aromatic amines is 1. The van der Waals surface area contributed by atoms with Gasteiger partial charge in [0.25, 0.3) is 0 Å². The Bertz CT molecular complexity index is 701. The topological polar surface area (TPSA) is 50.4 Å². The van der Waals surface area contributed by atoms with Gasteiger partial charge in [0.05, 0.1) is 32.7 Å². The van der Waals surface area contributed by atoms with Crippen molar-refractivity contribution in [2.75, 3.05) is 27.3 Å². The third-order valence-electron chi connectivity index (χ3n) is 3.49. The molecule has 0 aliphatic rings. The van der Waals surface area contributed by atoms with Crippen LogP contribution in [0.25, 0.3) is 11.3 Å². The number of ether oxygens (including phenoxy) is 2. The number of rotatable bonds is 8. The summed E-state index contributed by atoms with van der Waals surface area (Å²) in [5, 5.41) is 7.22. The first-order chi connectivity index (χ1) is 11.2. The van der Waals surface area contributed by atoms with Crippen molar-refractivity contribution in [3.63, 3.8) is 0 Å². The van der Waals surface area contributed by atoms with Crippen LogP contribution in [0.5, 0.6) is 11.5 Å². The highest BCUT2D eigenvalue weighted by molar-refractivity contribution is 5.71. The van der Waals surface area contributed by atoms with Gasteiger partial charge in [-0.1, -0.05) is 12.0 Å². The van der Waals surface area contributed by atoms with Crippen LogP contribution < -0.4 is 9.47 Å². The largest absolute Gasteiger partial charge is 0.497 e. The van der Waals surface area contributed by atoms with Crippen molar-refractivity contribution in [1.29, 1.82) is 0 Å². The number of aromatic nitrogens is 2. The van der Waals surface area contributed by atoms with Crippen LogP contribution in [0.3, 0.4) is 0 Å². The Morgan fingerprint density at radius 2 is 2.22 bits per heavy atom. The maximum atomic E-state index is 5.48. The average Bonchev–Trinajstić information content (AvgIpc) is 3.02. The van der Waals surface area contributed by atoms with Gasteiger partial charge in [-0.05, 0) is 12.1 Å². The van der Waals surface area contributed by atoms with Gasteiger partial charge in [0.2, 0.25) is 0 Å². The number of methoxy groups -OCH3 is 2. The molecule has 5 heteroatoms. The second-order valence-corrected chi connectivity index (χ2v) is 5.00. The standard InChI is InChI=1S/C18H21N3O2/c1-5-9-21(10-6-2)13-14-12-19-20-18(14)16-8-7-15(22-3)11-17(16)23-4/h1,6-8,11-12H,2,9-10,13H2,3-4H3,(H,19,20). The predicted octanol–water partition coefficient (Wildman–Crippen LogP) is 2.72. The van der Waals surface area contributed by atoms with Gasteiger partial charge in [0, 0.05) is 30.3 Å². The second-order valence-electron chi connectivity index (χ2n) is 5.00. The predicted molar refractivity (Wildman–Crippen MR) is 91.4 cm³/mol. The first kappa shape index (κ1) is 16.7. The van der Waals surface area contributed by atoms with Gasteiger partial charge in [-0.15, -0.1) is 13.0 Å². The minimum absolute atomic E-state index is 0.552. The normalized spacial score (nSPS) is 10.3. The van der Waals surface area contributed by atoms with Crippen LogP contribution in [-0.2, 0) is 6.54 Å². The molecular weight excluding hydrogens is 290 g/mol. The summed E-state index contributed by atoms with van der Waals surface area (Å²) in [7, 11) is 3.26. The van der Waals surface area contributed by atoms with E-state index in [9.17, 15) is 0 Å². The highest BCUT2D eigenvalue weighted by Crippen LogP contribution is 2.34. The van der Waals surface area contributed by atoms with E-state index in [-0.39, 0.29) is 0 Å². The van der Waals surface area contributed by atoms with Crippen LogP contribution in [-0.4, -0.2) is 42.4 Å². The second kappa shape index (κ2) is 8.06. The third kappa shape index (κ3) is 3.93. The molecule has 0 fully saturated rings. The number of nitrogens with one attached hydrogen (secondary N) is 1. The quantitative estimate of drug-likeness (QED) is 0.601. The molecule has 0 unspecified atom stereocenters. The Labute approximate surface area is 136 Å². The fraction of sp³-hybridized carbons (Fsp3) is 0.278. The van der Waals surface area contributed by atoms with Crippen LogP contribution in [0.2, 0.25) is 0 Å². The van der Waals surface area contributed by atoms with Crippen molar-refractivity contribution >= 4 is 0 Å². The van der Waals surface area contributed by atoms with Crippen molar-refractivity contribution < 1.29 is 9.47 Å². The average molecular weight is 311 g/mol. The summed E-state index contributed by atoms with van der Waals surface area (Å²) in [4.78, 5) is 2.11. The van der Waals surface area contributed by atoms with Crippen molar-refractivity contribution in [3.8, 4) is 35.1 Å². The summed E-state index contributed by atoms with van der Waals surface area (Å²) in [6.07, 6.45) is 9.08. The van der Waals surface area contributed by atoms with Gasteiger partial charge < -0.3 is 9.47 Å². The fourth-order valence-electron chi connectivity index (χ4n) is 2.41. The Hall–Kier alpha value is -2.71. The molecule has 1 aromatic carbocycles. The van der Waals surface area contributed by atoms with E-state index in [0.717, 1.165) is 28.3 Å². The van der Waals surface area contributed by atoms with Crippen molar-refractivity contribution in [2.45, 2.75) is 6.54 Å².